The fourth-order valence-electron chi connectivity index (χ4n) is 1.60. The molecule has 0 saturated carbocycles. The largest absolute Gasteiger partial charge is 0.490 e. The molecule has 0 spiro atoms. The van der Waals surface area contributed by atoms with Gasteiger partial charge in [-0.15, -0.1) is 0 Å². The first-order chi connectivity index (χ1) is 9.35. The maximum absolute atomic E-state index is 11.1. The van der Waals surface area contributed by atoms with Gasteiger partial charge in [0.25, 0.3) is 0 Å². The summed E-state index contributed by atoms with van der Waals surface area (Å²) in [6.45, 7) is 2.26. The summed E-state index contributed by atoms with van der Waals surface area (Å²) in [4.78, 5) is 11.1. The molecule has 1 aromatic carbocycles. The number of hydrogen-bond donors (Lipinski definition) is 1. The molecule has 0 fully saturated rings. The van der Waals surface area contributed by atoms with E-state index in [2.05, 4.69) is 0 Å². The first kappa shape index (κ1) is 16.3. The third kappa shape index (κ3) is 5.08. The Kier molecular flexibility index (Phi) is 5.82. The predicted octanol–water partition coefficient (Wildman–Crippen LogP) is 1.60. The zero-order valence-electron chi connectivity index (χ0n) is 11.5. The first-order valence-corrected chi connectivity index (χ1v) is 8.21. The lowest BCUT2D eigenvalue weighted by molar-refractivity contribution is 0.0691. The van der Waals surface area contributed by atoms with Crippen LogP contribution in [0.3, 0.4) is 0 Å². The van der Waals surface area contributed by atoms with Crippen LogP contribution in [0.25, 0.3) is 0 Å². The molecule has 1 rings (SSSR count). The number of rotatable bonds is 8. The molecule has 0 aliphatic carbocycles. The van der Waals surface area contributed by atoms with Crippen molar-refractivity contribution in [2.24, 2.45) is 0 Å². The molecule has 0 heterocycles. The van der Waals surface area contributed by atoms with Crippen LogP contribution >= 0.6 is 0 Å². The number of carbonyl (C=O) groups is 1. The van der Waals surface area contributed by atoms with Gasteiger partial charge in [-0.25, -0.2) is 13.2 Å². The fourth-order valence-corrected chi connectivity index (χ4v) is 2.24. The molecule has 20 heavy (non-hydrogen) atoms. The third-order valence-corrected chi connectivity index (χ3v) is 3.45. The van der Waals surface area contributed by atoms with Gasteiger partial charge in [0.15, 0.2) is 11.5 Å². The molecule has 7 heteroatoms. The number of carboxylic acids is 1. The second-order valence-electron chi connectivity index (χ2n) is 4.20. The molecule has 1 N–H and O–H groups in total. The van der Waals surface area contributed by atoms with Gasteiger partial charge in [-0.2, -0.15) is 0 Å². The Morgan fingerprint density at radius 1 is 1.30 bits per heavy atom. The quantitative estimate of drug-likeness (QED) is 0.734. The maximum atomic E-state index is 11.1. The van der Waals surface area contributed by atoms with Crippen molar-refractivity contribution in [3.63, 3.8) is 0 Å². The topological polar surface area (TPSA) is 89.9 Å². The van der Waals surface area contributed by atoms with Crippen molar-refractivity contribution in [1.82, 2.24) is 0 Å². The van der Waals surface area contributed by atoms with Crippen LogP contribution in [-0.2, 0) is 9.84 Å². The minimum absolute atomic E-state index is 0.00435. The second-order valence-corrected chi connectivity index (χ2v) is 6.46. The molecule has 0 radical (unpaired) electrons. The van der Waals surface area contributed by atoms with E-state index in [4.69, 9.17) is 14.6 Å². The van der Waals surface area contributed by atoms with Crippen molar-refractivity contribution >= 4 is 15.8 Å². The molecule has 0 aromatic heterocycles. The minimum Gasteiger partial charge on any atom is -0.490 e. The van der Waals surface area contributed by atoms with Crippen LogP contribution in [0.4, 0.5) is 0 Å². The predicted molar refractivity (Wildman–Crippen MR) is 74.4 cm³/mol. The smallest absolute Gasteiger partial charge is 0.339 e. The fraction of sp³-hybridized carbons (Fsp3) is 0.462. The van der Waals surface area contributed by atoms with Crippen molar-refractivity contribution in [2.75, 3.05) is 25.2 Å². The number of carboxylic acid groups (broad SMARTS) is 1. The SMILES string of the molecule is CCOc1cccc(C(=O)O)c1OCCCS(C)(=O)=O. The number of benzene rings is 1. The van der Waals surface area contributed by atoms with Gasteiger partial charge in [0.05, 0.1) is 19.0 Å². The van der Waals surface area contributed by atoms with Gasteiger partial charge >= 0.3 is 5.97 Å². The monoisotopic (exact) mass is 302 g/mol. The highest BCUT2D eigenvalue weighted by molar-refractivity contribution is 7.90. The summed E-state index contributed by atoms with van der Waals surface area (Å²) in [5, 5.41) is 9.11. The zero-order chi connectivity index (χ0) is 15.2. The molecule has 112 valence electrons. The van der Waals surface area contributed by atoms with Crippen LogP contribution in [0.15, 0.2) is 18.2 Å². The molecule has 6 nitrogen and oxygen atoms in total. The molecule has 0 unspecified atom stereocenters. The van der Waals surface area contributed by atoms with E-state index in [0.29, 0.717) is 18.8 Å². The van der Waals surface area contributed by atoms with Crippen LogP contribution in [-0.4, -0.2) is 44.7 Å². The minimum atomic E-state index is -3.05. The van der Waals surface area contributed by atoms with E-state index < -0.39 is 15.8 Å². The Bertz CT molecular complexity index is 564. The lowest BCUT2D eigenvalue weighted by atomic mass is 10.2. The molecular formula is C13H18O6S. The summed E-state index contributed by atoms with van der Waals surface area (Å²) in [7, 11) is -3.05. The highest BCUT2D eigenvalue weighted by Crippen LogP contribution is 2.31. The summed E-state index contributed by atoms with van der Waals surface area (Å²) >= 11 is 0. The van der Waals surface area contributed by atoms with Gasteiger partial charge in [-0.3, -0.25) is 0 Å². The van der Waals surface area contributed by atoms with Crippen LogP contribution in [0.1, 0.15) is 23.7 Å². The van der Waals surface area contributed by atoms with E-state index in [1.807, 2.05) is 0 Å². The van der Waals surface area contributed by atoms with E-state index in [1.54, 1.807) is 19.1 Å². The number of aromatic carboxylic acids is 1. The Hall–Kier alpha value is -1.76. The average Bonchev–Trinajstić information content (AvgIpc) is 2.34. The zero-order valence-corrected chi connectivity index (χ0v) is 12.3. The van der Waals surface area contributed by atoms with E-state index in [0.717, 1.165) is 6.26 Å². The number of sulfone groups is 1. The van der Waals surface area contributed by atoms with Crippen LogP contribution < -0.4 is 9.47 Å². The van der Waals surface area contributed by atoms with Gasteiger partial charge in [0.2, 0.25) is 0 Å². The highest BCUT2D eigenvalue weighted by Gasteiger charge is 2.16. The van der Waals surface area contributed by atoms with Crippen LogP contribution in [0.5, 0.6) is 11.5 Å². The Balaban J connectivity index is 2.82. The summed E-state index contributed by atoms with van der Waals surface area (Å²) in [5.74, 6) is -0.654. The molecular weight excluding hydrogens is 284 g/mol. The number of ether oxygens (including phenoxy) is 2. The molecule has 0 aliphatic rings. The highest BCUT2D eigenvalue weighted by atomic mass is 32.2. The normalized spacial score (nSPS) is 11.1. The van der Waals surface area contributed by atoms with E-state index in [9.17, 15) is 13.2 Å². The molecule has 1 aromatic rings. The second kappa shape index (κ2) is 7.14. The average molecular weight is 302 g/mol. The molecule has 0 amide bonds. The van der Waals surface area contributed by atoms with Crippen LogP contribution in [0, 0.1) is 0 Å². The van der Waals surface area contributed by atoms with E-state index in [-0.39, 0.29) is 23.7 Å². The molecule has 0 saturated heterocycles. The Labute approximate surface area is 118 Å². The summed E-state index contributed by atoms with van der Waals surface area (Å²) in [6, 6.07) is 4.59. The summed E-state index contributed by atoms with van der Waals surface area (Å²) < 4.78 is 32.8. The van der Waals surface area contributed by atoms with Crippen molar-refractivity contribution in [3.05, 3.63) is 23.8 Å². The van der Waals surface area contributed by atoms with E-state index in [1.165, 1.54) is 6.07 Å². The lowest BCUT2D eigenvalue weighted by Gasteiger charge is -2.13. The standard InChI is InChI=1S/C13H18O6S/c1-3-18-11-7-4-6-10(13(14)15)12(11)19-8-5-9-20(2,16)17/h4,6-7H,3,5,8-9H2,1-2H3,(H,14,15). The summed E-state index contributed by atoms with van der Waals surface area (Å²) in [5.41, 5.74) is -0.00435. The lowest BCUT2D eigenvalue weighted by Crippen LogP contribution is -2.11. The molecule has 0 bridgehead atoms. The third-order valence-electron chi connectivity index (χ3n) is 2.42. The van der Waals surface area contributed by atoms with Gasteiger partial charge in [-0.05, 0) is 25.5 Å². The van der Waals surface area contributed by atoms with Gasteiger partial charge in [-0.1, -0.05) is 6.07 Å². The van der Waals surface area contributed by atoms with Gasteiger partial charge < -0.3 is 14.6 Å². The summed E-state index contributed by atoms with van der Waals surface area (Å²) in [6.07, 6.45) is 1.43. The first-order valence-electron chi connectivity index (χ1n) is 6.14. The number of para-hydroxylation sites is 1. The van der Waals surface area contributed by atoms with Crippen molar-refractivity contribution in [2.45, 2.75) is 13.3 Å². The van der Waals surface area contributed by atoms with Gasteiger partial charge in [0, 0.05) is 6.26 Å². The maximum Gasteiger partial charge on any atom is 0.339 e. The molecule has 0 aliphatic heterocycles. The van der Waals surface area contributed by atoms with Gasteiger partial charge in [0.1, 0.15) is 15.4 Å². The number of hydrogen-bond acceptors (Lipinski definition) is 5. The van der Waals surface area contributed by atoms with E-state index >= 15 is 0 Å². The van der Waals surface area contributed by atoms with Crippen molar-refractivity contribution in [3.8, 4) is 11.5 Å². The molecule has 0 atom stereocenters. The Morgan fingerprint density at radius 2 is 2.00 bits per heavy atom. The van der Waals surface area contributed by atoms with Crippen molar-refractivity contribution in [1.29, 1.82) is 0 Å². The van der Waals surface area contributed by atoms with Crippen molar-refractivity contribution < 1.29 is 27.8 Å². The van der Waals surface area contributed by atoms with Crippen LogP contribution in [0.2, 0.25) is 0 Å². The Morgan fingerprint density at radius 3 is 2.55 bits per heavy atom.